The molecule has 1 amide bonds. The highest BCUT2D eigenvalue weighted by Gasteiger charge is 2.17. The van der Waals surface area contributed by atoms with E-state index in [9.17, 15) is 9.18 Å². The van der Waals surface area contributed by atoms with E-state index in [0.717, 1.165) is 16.7 Å². The van der Waals surface area contributed by atoms with Gasteiger partial charge in [-0.05, 0) is 30.2 Å². The number of carbonyl (C=O) groups is 1. The molecular formula is C22H20FNO2. The summed E-state index contributed by atoms with van der Waals surface area (Å²) in [6, 6.07) is 23.2. The largest absolute Gasteiger partial charge is 0.484 e. The number of nitrogens with one attached hydrogen (secondary N) is 1. The molecule has 3 aromatic rings. The average Bonchev–Trinajstić information content (AvgIpc) is 2.66. The molecule has 132 valence electrons. The van der Waals surface area contributed by atoms with Crippen LogP contribution < -0.4 is 10.1 Å². The van der Waals surface area contributed by atoms with Crippen LogP contribution in [0.1, 0.15) is 22.7 Å². The maximum Gasteiger partial charge on any atom is 0.258 e. The lowest BCUT2D eigenvalue weighted by molar-refractivity contribution is -0.123. The molecule has 3 aromatic carbocycles. The minimum atomic E-state index is -0.398. The molecule has 0 fully saturated rings. The van der Waals surface area contributed by atoms with Gasteiger partial charge in [-0.15, -0.1) is 0 Å². The summed E-state index contributed by atoms with van der Waals surface area (Å²) in [5.41, 5.74) is 3.12. The Hall–Kier alpha value is -3.14. The molecular weight excluding hydrogens is 329 g/mol. The molecule has 4 heteroatoms. The molecule has 0 radical (unpaired) electrons. The van der Waals surface area contributed by atoms with Crippen molar-refractivity contribution in [3.05, 3.63) is 101 Å². The summed E-state index contributed by atoms with van der Waals surface area (Å²) in [5.74, 6) is -0.347. The van der Waals surface area contributed by atoms with Crippen LogP contribution in [0.5, 0.6) is 5.75 Å². The van der Waals surface area contributed by atoms with Gasteiger partial charge >= 0.3 is 0 Å². The Morgan fingerprint density at radius 1 is 0.962 bits per heavy atom. The van der Waals surface area contributed by atoms with Gasteiger partial charge in [-0.25, -0.2) is 4.39 Å². The summed E-state index contributed by atoms with van der Waals surface area (Å²) < 4.78 is 18.6. The van der Waals surface area contributed by atoms with Gasteiger partial charge in [0.25, 0.3) is 5.91 Å². The number of rotatable bonds is 6. The molecule has 26 heavy (non-hydrogen) atoms. The molecule has 3 rings (SSSR count). The molecule has 0 aliphatic heterocycles. The second-order valence-electron chi connectivity index (χ2n) is 6.07. The third-order valence-corrected chi connectivity index (χ3v) is 4.01. The molecule has 1 atom stereocenters. The zero-order valence-electron chi connectivity index (χ0n) is 14.5. The lowest BCUT2D eigenvalue weighted by atomic mass is 9.98. The van der Waals surface area contributed by atoms with Gasteiger partial charge < -0.3 is 10.1 Å². The van der Waals surface area contributed by atoms with Crippen LogP contribution in [0, 0.1) is 12.7 Å². The van der Waals surface area contributed by atoms with Gasteiger partial charge in [-0.3, -0.25) is 4.79 Å². The highest BCUT2D eigenvalue weighted by atomic mass is 19.1. The molecule has 3 nitrogen and oxygen atoms in total. The first-order valence-electron chi connectivity index (χ1n) is 8.41. The lowest BCUT2D eigenvalue weighted by Crippen LogP contribution is -2.33. The average molecular weight is 349 g/mol. The minimum Gasteiger partial charge on any atom is -0.484 e. The van der Waals surface area contributed by atoms with Gasteiger partial charge in [-0.1, -0.05) is 66.2 Å². The Morgan fingerprint density at radius 2 is 1.65 bits per heavy atom. The van der Waals surface area contributed by atoms with Crippen molar-refractivity contribution >= 4 is 5.91 Å². The van der Waals surface area contributed by atoms with E-state index in [2.05, 4.69) is 5.32 Å². The van der Waals surface area contributed by atoms with Crippen molar-refractivity contribution in [2.24, 2.45) is 0 Å². The molecule has 0 aliphatic carbocycles. The first-order valence-corrected chi connectivity index (χ1v) is 8.41. The van der Waals surface area contributed by atoms with Crippen molar-refractivity contribution < 1.29 is 13.9 Å². The van der Waals surface area contributed by atoms with Crippen LogP contribution >= 0.6 is 0 Å². The molecule has 0 bridgehead atoms. The van der Waals surface area contributed by atoms with Crippen molar-refractivity contribution in [1.82, 2.24) is 5.32 Å². The van der Waals surface area contributed by atoms with Gasteiger partial charge in [0.15, 0.2) is 6.61 Å². The molecule has 0 aromatic heterocycles. The Morgan fingerprint density at radius 3 is 2.35 bits per heavy atom. The predicted octanol–water partition coefficient (Wildman–Crippen LogP) is 4.42. The van der Waals surface area contributed by atoms with E-state index in [1.807, 2.05) is 61.5 Å². The summed E-state index contributed by atoms with van der Waals surface area (Å²) >= 11 is 0. The fourth-order valence-electron chi connectivity index (χ4n) is 2.67. The number of halogens is 1. The first-order chi connectivity index (χ1) is 12.6. The van der Waals surface area contributed by atoms with E-state index >= 15 is 0 Å². The number of ether oxygens (including phenoxy) is 1. The Labute approximate surface area is 152 Å². The number of hydrogen-bond acceptors (Lipinski definition) is 2. The fourth-order valence-corrected chi connectivity index (χ4v) is 2.67. The van der Waals surface area contributed by atoms with Gasteiger partial charge in [-0.2, -0.15) is 0 Å². The second-order valence-corrected chi connectivity index (χ2v) is 6.07. The normalized spacial score (nSPS) is 11.6. The van der Waals surface area contributed by atoms with E-state index < -0.39 is 5.82 Å². The molecule has 0 aliphatic rings. The van der Waals surface area contributed by atoms with Gasteiger partial charge in [0.1, 0.15) is 11.6 Å². The second kappa shape index (κ2) is 8.30. The third-order valence-electron chi connectivity index (χ3n) is 4.01. The third kappa shape index (κ3) is 4.70. The molecule has 0 saturated carbocycles. The number of aryl methyl sites for hydroxylation is 1. The SMILES string of the molecule is Cc1ccc([C@@H](NC(=O)COc2cccc(F)c2)c2ccccc2)cc1. The zero-order valence-corrected chi connectivity index (χ0v) is 14.5. The summed E-state index contributed by atoms with van der Waals surface area (Å²) in [7, 11) is 0. The van der Waals surface area contributed by atoms with Gasteiger partial charge in [0, 0.05) is 6.07 Å². The van der Waals surface area contributed by atoms with Crippen molar-refractivity contribution in [3.8, 4) is 5.75 Å². The monoisotopic (exact) mass is 349 g/mol. The lowest BCUT2D eigenvalue weighted by Gasteiger charge is -2.20. The smallest absolute Gasteiger partial charge is 0.258 e. The number of carbonyl (C=O) groups excluding carboxylic acids is 1. The van der Waals surface area contributed by atoms with Crippen LogP contribution in [-0.2, 0) is 4.79 Å². The molecule has 1 N–H and O–H groups in total. The van der Waals surface area contributed by atoms with Crippen LogP contribution in [0.15, 0.2) is 78.9 Å². The Balaban J connectivity index is 1.73. The van der Waals surface area contributed by atoms with Crippen molar-refractivity contribution in [3.63, 3.8) is 0 Å². The van der Waals surface area contributed by atoms with Gasteiger partial charge in [0.05, 0.1) is 6.04 Å². The standard InChI is InChI=1S/C22H20FNO2/c1-16-10-12-18(13-11-16)22(17-6-3-2-4-7-17)24-21(25)15-26-20-9-5-8-19(23)14-20/h2-14,22H,15H2,1H3,(H,24,25)/t22-/m0/s1. The maximum absolute atomic E-state index is 13.2. The van der Waals surface area contributed by atoms with Crippen molar-refractivity contribution in [1.29, 1.82) is 0 Å². The van der Waals surface area contributed by atoms with E-state index in [0.29, 0.717) is 5.75 Å². The van der Waals surface area contributed by atoms with Crippen molar-refractivity contribution in [2.75, 3.05) is 6.61 Å². The molecule has 0 heterocycles. The first kappa shape index (κ1) is 17.7. The van der Waals surface area contributed by atoms with Gasteiger partial charge in [0.2, 0.25) is 0 Å². The Bertz CT molecular complexity index is 863. The number of hydrogen-bond donors (Lipinski definition) is 1. The van der Waals surface area contributed by atoms with Crippen LogP contribution in [0.2, 0.25) is 0 Å². The van der Waals surface area contributed by atoms with E-state index in [-0.39, 0.29) is 18.6 Å². The topological polar surface area (TPSA) is 38.3 Å². The number of benzene rings is 3. The van der Waals surface area contributed by atoms with Crippen LogP contribution in [0.25, 0.3) is 0 Å². The maximum atomic E-state index is 13.2. The summed E-state index contributed by atoms with van der Waals surface area (Å²) in [5, 5.41) is 3.00. The van der Waals surface area contributed by atoms with E-state index in [4.69, 9.17) is 4.74 Å². The Kier molecular flexibility index (Phi) is 5.64. The van der Waals surface area contributed by atoms with Crippen LogP contribution in [0.4, 0.5) is 4.39 Å². The summed E-state index contributed by atoms with van der Waals surface area (Å²) in [4.78, 5) is 12.4. The zero-order chi connectivity index (χ0) is 18.4. The molecule has 0 saturated heterocycles. The molecule has 0 unspecified atom stereocenters. The highest BCUT2D eigenvalue weighted by molar-refractivity contribution is 5.78. The summed E-state index contributed by atoms with van der Waals surface area (Å²) in [6.45, 7) is 1.84. The van der Waals surface area contributed by atoms with Crippen LogP contribution in [-0.4, -0.2) is 12.5 Å². The fraction of sp³-hybridized carbons (Fsp3) is 0.136. The number of amides is 1. The van der Waals surface area contributed by atoms with Crippen molar-refractivity contribution in [2.45, 2.75) is 13.0 Å². The quantitative estimate of drug-likeness (QED) is 0.715. The summed E-state index contributed by atoms with van der Waals surface area (Å²) in [6.07, 6.45) is 0. The highest BCUT2D eigenvalue weighted by Crippen LogP contribution is 2.22. The predicted molar refractivity (Wildman–Crippen MR) is 99.5 cm³/mol. The minimum absolute atomic E-state index is 0.182. The molecule has 0 spiro atoms. The van der Waals surface area contributed by atoms with E-state index in [1.54, 1.807) is 12.1 Å². The van der Waals surface area contributed by atoms with E-state index in [1.165, 1.54) is 12.1 Å². The van der Waals surface area contributed by atoms with Crippen LogP contribution in [0.3, 0.4) is 0 Å².